The van der Waals surface area contributed by atoms with E-state index in [2.05, 4.69) is 0 Å². The zero-order valence-electron chi connectivity index (χ0n) is 10.4. The zero-order valence-corrected chi connectivity index (χ0v) is 10.4. The fourth-order valence-corrected chi connectivity index (χ4v) is 1.51. The second-order valence-electron chi connectivity index (χ2n) is 4.26. The van der Waals surface area contributed by atoms with Crippen LogP contribution in [0.5, 0.6) is 0 Å². The highest BCUT2D eigenvalue weighted by atomic mass is 19.1. The Kier molecular flexibility index (Phi) is 6.61. The molecule has 3 atom stereocenters. The molecule has 0 spiro atoms. The van der Waals surface area contributed by atoms with Crippen LogP contribution in [0, 0.1) is 11.8 Å². The van der Waals surface area contributed by atoms with Gasteiger partial charge in [-0.3, -0.25) is 14.4 Å². The molecule has 0 aliphatic heterocycles. The lowest BCUT2D eigenvalue weighted by Gasteiger charge is -2.19. The minimum absolute atomic E-state index is 0.131. The number of carbonyl (C=O) groups excluding carboxylic acids is 2. The summed E-state index contributed by atoms with van der Waals surface area (Å²) in [7, 11) is 0. The van der Waals surface area contributed by atoms with Crippen LogP contribution in [0.3, 0.4) is 0 Å². The van der Waals surface area contributed by atoms with Crippen LogP contribution in [0.2, 0.25) is 0 Å². The van der Waals surface area contributed by atoms with E-state index in [1.165, 1.54) is 6.92 Å². The summed E-state index contributed by atoms with van der Waals surface area (Å²) in [5.74, 6) is -3.77. The van der Waals surface area contributed by atoms with Crippen LogP contribution < -0.4 is 0 Å². The van der Waals surface area contributed by atoms with E-state index in [1.807, 2.05) is 0 Å². The Labute approximate surface area is 100 Å². The minimum atomic E-state index is -1.89. The predicted molar refractivity (Wildman–Crippen MR) is 60.4 cm³/mol. The van der Waals surface area contributed by atoms with Crippen LogP contribution in [0.1, 0.15) is 40.0 Å². The summed E-state index contributed by atoms with van der Waals surface area (Å²) < 4.78 is 13.8. The molecule has 0 aromatic rings. The van der Waals surface area contributed by atoms with Gasteiger partial charge in [0, 0.05) is 12.3 Å². The molecule has 0 radical (unpaired) electrons. The molecular weight excluding hydrogens is 227 g/mol. The molecule has 0 saturated carbocycles. The van der Waals surface area contributed by atoms with Gasteiger partial charge in [-0.15, -0.1) is 0 Å². The van der Waals surface area contributed by atoms with Crippen molar-refractivity contribution in [1.82, 2.24) is 0 Å². The molecule has 0 heterocycles. The Morgan fingerprint density at radius 1 is 1.29 bits per heavy atom. The monoisotopic (exact) mass is 246 g/mol. The predicted octanol–water partition coefficient (Wildman–Crippen LogP) is 2.01. The molecule has 0 rings (SSSR count). The SMILES string of the molecule is CC[C@@H](C)C(=O)[C@@H](F)[C@@H](CCC(=O)O)C(C)=O. The number of Topliss-reactive ketones (excluding diaryl/α,β-unsaturated/α-hetero) is 2. The Morgan fingerprint density at radius 2 is 1.82 bits per heavy atom. The zero-order chi connectivity index (χ0) is 13.6. The molecule has 0 aliphatic rings. The highest BCUT2D eigenvalue weighted by Gasteiger charge is 2.33. The van der Waals surface area contributed by atoms with E-state index < -0.39 is 35.5 Å². The normalized spacial score (nSPS) is 16.0. The molecule has 5 heteroatoms. The van der Waals surface area contributed by atoms with Crippen molar-refractivity contribution in [3.63, 3.8) is 0 Å². The van der Waals surface area contributed by atoms with E-state index in [0.717, 1.165) is 0 Å². The third-order valence-electron chi connectivity index (χ3n) is 2.91. The van der Waals surface area contributed by atoms with Gasteiger partial charge in [0.05, 0.1) is 5.92 Å². The fourth-order valence-electron chi connectivity index (χ4n) is 1.51. The average Bonchev–Trinajstić information content (AvgIpc) is 2.25. The van der Waals surface area contributed by atoms with Crippen LogP contribution in [0.25, 0.3) is 0 Å². The lowest BCUT2D eigenvalue weighted by Crippen LogP contribution is -2.34. The molecule has 98 valence electrons. The first-order valence-corrected chi connectivity index (χ1v) is 5.71. The Bertz CT molecular complexity index is 301. The summed E-state index contributed by atoms with van der Waals surface area (Å²) in [6.45, 7) is 4.54. The molecule has 0 bridgehead atoms. The number of halogens is 1. The molecule has 0 amide bonds. The Morgan fingerprint density at radius 3 is 2.18 bits per heavy atom. The topological polar surface area (TPSA) is 71.4 Å². The smallest absolute Gasteiger partial charge is 0.303 e. The number of carbonyl (C=O) groups is 3. The van der Waals surface area contributed by atoms with Gasteiger partial charge < -0.3 is 5.11 Å². The number of carboxylic acids is 1. The van der Waals surface area contributed by atoms with Crippen LogP contribution in [-0.2, 0) is 14.4 Å². The molecule has 4 nitrogen and oxygen atoms in total. The maximum absolute atomic E-state index is 13.8. The number of ketones is 2. The minimum Gasteiger partial charge on any atom is -0.481 e. The van der Waals surface area contributed by atoms with E-state index in [4.69, 9.17) is 5.11 Å². The first-order valence-electron chi connectivity index (χ1n) is 5.71. The fraction of sp³-hybridized carbons (Fsp3) is 0.750. The molecule has 0 aromatic carbocycles. The van der Waals surface area contributed by atoms with Crippen molar-refractivity contribution in [2.75, 3.05) is 0 Å². The third kappa shape index (κ3) is 5.06. The quantitative estimate of drug-likeness (QED) is 0.711. The molecule has 0 unspecified atom stereocenters. The molecule has 17 heavy (non-hydrogen) atoms. The number of aliphatic carboxylic acids is 1. The van der Waals surface area contributed by atoms with Crippen molar-refractivity contribution < 1.29 is 23.9 Å². The largest absolute Gasteiger partial charge is 0.481 e. The van der Waals surface area contributed by atoms with Gasteiger partial charge in [-0.25, -0.2) is 4.39 Å². The number of alkyl halides is 1. The molecular formula is C12H19FO4. The summed E-state index contributed by atoms with van der Waals surface area (Å²) in [5, 5.41) is 8.50. The number of hydrogen-bond acceptors (Lipinski definition) is 3. The van der Waals surface area contributed by atoms with Gasteiger partial charge in [-0.05, 0) is 19.8 Å². The molecule has 0 saturated heterocycles. The van der Waals surface area contributed by atoms with Crippen molar-refractivity contribution in [2.24, 2.45) is 11.8 Å². The highest BCUT2D eigenvalue weighted by molar-refractivity contribution is 5.91. The van der Waals surface area contributed by atoms with Gasteiger partial charge in [-0.1, -0.05) is 13.8 Å². The highest BCUT2D eigenvalue weighted by Crippen LogP contribution is 2.21. The number of rotatable bonds is 8. The van der Waals surface area contributed by atoms with E-state index in [1.54, 1.807) is 13.8 Å². The Balaban J connectivity index is 4.64. The Hall–Kier alpha value is -1.26. The van der Waals surface area contributed by atoms with E-state index in [9.17, 15) is 18.8 Å². The standard InChI is InChI=1S/C12H19FO4/c1-4-7(2)12(17)11(13)9(8(3)14)5-6-10(15)16/h7,9,11H,4-6H2,1-3H3,(H,15,16)/t7-,9+,11+/m1/s1. The van der Waals surface area contributed by atoms with Gasteiger partial charge in [-0.2, -0.15) is 0 Å². The summed E-state index contributed by atoms with van der Waals surface area (Å²) in [6.07, 6.45) is -1.82. The molecule has 0 fully saturated rings. The summed E-state index contributed by atoms with van der Waals surface area (Å²) in [6, 6.07) is 0. The average molecular weight is 246 g/mol. The first kappa shape index (κ1) is 15.7. The van der Waals surface area contributed by atoms with Crippen LogP contribution >= 0.6 is 0 Å². The maximum atomic E-state index is 13.8. The number of carboxylic acid groups (broad SMARTS) is 1. The lowest BCUT2D eigenvalue weighted by molar-refractivity contribution is -0.139. The van der Waals surface area contributed by atoms with E-state index in [-0.39, 0.29) is 12.8 Å². The van der Waals surface area contributed by atoms with Crippen molar-refractivity contribution in [3.05, 3.63) is 0 Å². The van der Waals surface area contributed by atoms with Crippen molar-refractivity contribution in [3.8, 4) is 0 Å². The maximum Gasteiger partial charge on any atom is 0.303 e. The van der Waals surface area contributed by atoms with Gasteiger partial charge in [0.2, 0.25) is 0 Å². The van der Waals surface area contributed by atoms with Crippen molar-refractivity contribution in [2.45, 2.75) is 46.2 Å². The summed E-state index contributed by atoms with van der Waals surface area (Å²) in [4.78, 5) is 33.2. The second-order valence-corrected chi connectivity index (χ2v) is 4.26. The molecule has 0 aromatic heterocycles. The lowest BCUT2D eigenvalue weighted by atomic mass is 9.87. The number of hydrogen-bond donors (Lipinski definition) is 1. The van der Waals surface area contributed by atoms with Crippen molar-refractivity contribution >= 4 is 17.5 Å². The van der Waals surface area contributed by atoms with Crippen LogP contribution in [0.15, 0.2) is 0 Å². The molecule has 0 aliphatic carbocycles. The van der Waals surface area contributed by atoms with Gasteiger partial charge in [0.1, 0.15) is 5.78 Å². The van der Waals surface area contributed by atoms with Crippen LogP contribution in [0.4, 0.5) is 4.39 Å². The summed E-state index contributed by atoms with van der Waals surface area (Å²) in [5.41, 5.74) is 0. The first-order chi connectivity index (χ1) is 7.81. The van der Waals surface area contributed by atoms with E-state index in [0.29, 0.717) is 6.42 Å². The second kappa shape index (κ2) is 7.14. The van der Waals surface area contributed by atoms with E-state index >= 15 is 0 Å². The van der Waals surface area contributed by atoms with Crippen molar-refractivity contribution in [1.29, 1.82) is 0 Å². The van der Waals surface area contributed by atoms with Gasteiger partial charge >= 0.3 is 5.97 Å². The van der Waals surface area contributed by atoms with Crippen LogP contribution in [-0.4, -0.2) is 28.8 Å². The summed E-state index contributed by atoms with van der Waals surface area (Å²) >= 11 is 0. The van der Waals surface area contributed by atoms with Gasteiger partial charge in [0.25, 0.3) is 0 Å². The third-order valence-corrected chi connectivity index (χ3v) is 2.91. The molecule has 1 N–H and O–H groups in total. The van der Waals surface area contributed by atoms with Gasteiger partial charge in [0.15, 0.2) is 12.0 Å².